The first kappa shape index (κ1) is 17.8. The number of urea groups is 1. The maximum atomic E-state index is 14.3. The second-order valence-electron chi connectivity index (χ2n) is 7.45. The normalized spacial score (nSPS) is 15.9. The van der Waals surface area contributed by atoms with Crippen LogP contribution >= 0.6 is 0 Å². The van der Waals surface area contributed by atoms with E-state index in [2.05, 4.69) is 15.4 Å². The smallest absolute Gasteiger partial charge is 0.317 e. The zero-order chi connectivity index (χ0) is 20.0. The fourth-order valence-corrected chi connectivity index (χ4v) is 3.68. The number of anilines is 1. The van der Waals surface area contributed by atoms with Crippen molar-refractivity contribution in [1.29, 1.82) is 0 Å². The average Bonchev–Trinajstić information content (AvgIpc) is 3.48. The van der Waals surface area contributed by atoms with E-state index < -0.39 is 11.6 Å². The van der Waals surface area contributed by atoms with Gasteiger partial charge in [-0.2, -0.15) is 5.10 Å². The monoisotopic (exact) mass is 395 g/mol. The molecule has 0 atom stereocenters. The van der Waals surface area contributed by atoms with Crippen molar-refractivity contribution in [3.8, 4) is 11.1 Å². The lowest BCUT2D eigenvalue weighted by Crippen LogP contribution is -2.41. The number of halogens is 2. The van der Waals surface area contributed by atoms with Crippen molar-refractivity contribution < 1.29 is 13.6 Å². The summed E-state index contributed by atoms with van der Waals surface area (Å²) in [5, 5.41) is 7.23. The van der Waals surface area contributed by atoms with Gasteiger partial charge in [0, 0.05) is 47.2 Å². The van der Waals surface area contributed by atoms with Crippen LogP contribution in [0, 0.1) is 11.6 Å². The molecule has 0 spiro atoms. The van der Waals surface area contributed by atoms with Crippen LogP contribution in [-0.4, -0.2) is 32.2 Å². The van der Waals surface area contributed by atoms with Crippen molar-refractivity contribution in [2.75, 3.05) is 11.9 Å². The number of fused-ring (bicyclic) bond motifs is 1. The van der Waals surface area contributed by atoms with E-state index >= 15 is 0 Å². The van der Waals surface area contributed by atoms with Gasteiger partial charge in [-0.25, -0.2) is 13.6 Å². The fraction of sp³-hybridized carbons (Fsp3) is 0.286. The topological polar surface area (TPSA) is 63.1 Å². The summed E-state index contributed by atoms with van der Waals surface area (Å²) in [6.45, 7) is 1.29. The molecule has 29 heavy (non-hydrogen) atoms. The summed E-state index contributed by atoms with van der Waals surface area (Å²) in [5.41, 5.74) is 3.30. The van der Waals surface area contributed by atoms with E-state index in [9.17, 15) is 13.6 Å². The summed E-state index contributed by atoms with van der Waals surface area (Å²) in [7, 11) is 0. The molecule has 5 rings (SSSR count). The van der Waals surface area contributed by atoms with Crippen molar-refractivity contribution in [2.24, 2.45) is 0 Å². The molecule has 148 valence electrons. The Balaban J connectivity index is 1.36. The lowest BCUT2D eigenvalue weighted by Gasteiger charge is -2.28. The molecule has 1 saturated carbocycles. The second-order valence-corrected chi connectivity index (χ2v) is 7.45. The van der Waals surface area contributed by atoms with E-state index in [1.807, 2.05) is 6.07 Å². The molecule has 2 aliphatic rings. The number of aromatic nitrogens is 3. The number of carbonyl (C=O) groups is 1. The summed E-state index contributed by atoms with van der Waals surface area (Å²) in [6, 6.07) is 6.94. The molecule has 1 N–H and O–H groups in total. The van der Waals surface area contributed by atoms with Gasteiger partial charge >= 0.3 is 6.03 Å². The minimum Gasteiger partial charge on any atom is -0.317 e. The van der Waals surface area contributed by atoms with Crippen LogP contribution in [0.3, 0.4) is 0 Å². The van der Waals surface area contributed by atoms with Crippen LogP contribution in [0.1, 0.15) is 30.1 Å². The Bertz CT molecular complexity index is 1090. The fourth-order valence-electron chi connectivity index (χ4n) is 3.68. The number of pyridine rings is 1. The third kappa shape index (κ3) is 3.46. The number of rotatable bonds is 3. The van der Waals surface area contributed by atoms with Gasteiger partial charge < -0.3 is 10.2 Å². The largest absolute Gasteiger partial charge is 0.322 e. The van der Waals surface area contributed by atoms with Crippen molar-refractivity contribution in [3.05, 3.63) is 65.7 Å². The van der Waals surface area contributed by atoms with E-state index in [4.69, 9.17) is 0 Å². The van der Waals surface area contributed by atoms with Gasteiger partial charge in [0.25, 0.3) is 0 Å². The van der Waals surface area contributed by atoms with E-state index in [1.54, 1.807) is 28.0 Å². The number of nitrogens with zero attached hydrogens (tertiary/aromatic N) is 4. The molecule has 2 amide bonds. The maximum absolute atomic E-state index is 14.3. The highest BCUT2D eigenvalue weighted by Crippen LogP contribution is 2.39. The molecular formula is C21H19F2N5O. The van der Waals surface area contributed by atoms with Gasteiger partial charge in [0.2, 0.25) is 0 Å². The first-order valence-corrected chi connectivity index (χ1v) is 9.60. The van der Waals surface area contributed by atoms with E-state index in [0.29, 0.717) is 31.1 Å². The SMILES string of the molecule is O=C(Nc1ccnc(C2CC2)c1)N1CCn2ncc(-c3ccc(F)cc3F)c2C1. The molecule has 1 aliphatic carbocycles. The summed E-state index contributed by atoms with van der Waals surface area (Å²) >= 11 is 0. The highest BCUT2D eigenvalue weighted by molar-refractivity contribution is 5.89. The first-order valence-electron chi connectivity index (χ1n) is 9.60. The zero-order valence-electron chi connectivity index (χ0n) is 15.6. The van der Waals surface area contributed by atoms with Crippen LogP contribution in [0.2, 0.25) is 0 Å². The number of nitrogens with one attached hydrogen (secondary N) is 1. The molecule has 8 heteroatoms. The zero-order valence-corrected chi connectivity index (χ0v) is 15.6. The molecule has 1 aliphatic heterocycles. The van der Waals surface area contributed by atoms with Crippen LogP contribution in [0.15, 0.2) is 42.7 Å². The lowest BCUT2D eigenvalue weighted by atomic mass is 10.0. The molecule has 0 unspecified atom stereocenters. The lowest BCUT2D eigenvalue weighted by molar-refractivity contribution is 0.194. The number of benzene rings is 1. The third-order valence-electron chi connectivity index (χ3n) is 5.41. The standard InChI is InChI=1S/C21H19F2N5O/c22-14-3-4-16(18(23)9-14)17-11-25-28-8-7-27(12-20(17)28)21(29)26-15-5-6-24-19(10-15)13-1-2-13/h3-6,9-11,13H,1-2,7-8,12H2,(H,24,26,29). The summed E-state index contributed by atoms with van der Waals surface area (Å²) in [5.74, 6) is -0.771. The van der Waals surface area contributed by atoms with Gasteiger partial charge in [-0.1, -0.05) is 0 Å². The van der Waals surface area contributed by atoms with Crippen LogP contribution in [0.4, 0.5) is 19.3 Å². The Kier molecular flexibility index (Phi) is 4.26. The summed E-state index contributed by atoms with van der Waals surface area (Å²) in [4.78, 5) is 18.8. The summed E-state index contributed by atoms with van der Waals surface area (Å²) in [6.07, 6.45) is 5.56. The number of amides is 2. The molecule has 1 aromatic carbocycles. The van der Waals surface area contributed by atoms with Crippen LogP contribution in [0.25, 0.3) is 11.1 Å². The van der Waals surface area contributed by atoms with Gasteiger partial charge in [-0.15, -0.1) is 0 Å². The summed E-state index contributed by atoms with van der Waals surface area (Å²) < 4.78 is 29.3. The van der Waals surface area contributed by atoms with Gasteiger partial charge in [-0.3, -0.25) is 9.67 Å². The van der Waals surface area contributed by atoms with E-state index in [0.717, 1.165) is 36.0 Å². The maximum Gasteiger partial charge on any atom is 0.322 e. The highest BCUT2D eigenvalue weighted by atomic mass is 19.1. The predicted octanol–water partition coefficient (Wildman–Crippen LogP) is 4.15. The minimum atomic E-state index is -0.647. The van der Waals surface area contributed by atoms with Gasteiger partial charge in [0.05, 0.1) is 25.0 Å². The Hall–Kier alpha value is -3.29. The molecule has 3 heterocycles. The molecule has 3 aromatic rings. The van der Waals surface area contributed by atoms with Crippen LogP contribution in [0.5, 0.6) is 0 Å². The first-order chi connectivity index (χ1) is 14.1. The third-order valence-corrected chi connectivity index (χ3v) is 5.41. The Morgan fingerprint density at radius 3 is 2.76 bits per heavy atom. The molecule has 2 aromatic heterocycles. The Morgan fingerprint density at radius 1 is 1.10 bits per heavy atom. The molecule has 0 saturated heterocycles. The van der Waals surface area contributed by atoms with Gasteiger partial charge in [0.1, 0.15) is 11.6 Å². The molecule has 0 radical (unpaired) electrons. The number of hydrogen-bond acceptors (Lipinski definition) is 3. The molecule has 1 fully saturated rings. The molecule has 0 bridgehead atoms. The Labute approximate surface area is 166 Å². The molecule has 6 nitrogen and oxygen atoms in total. The van der Waals surface area contributed by atoms with E-state index in [-0.39, 0.29) is 11.6 Å². The highest BCUT2D eigenvalue weighted by Gasteiger charge is 2.27. The van der Waals surface area contributed by atoms with Crippen LogP contribution < -0.4 is 5.32 Å². The second kappa shape index (κ2) is 6.95. The van der Waals surface area contributed by atoms with Gasteiger partial charge in [-0.05, 0) is 37.1 Å². The van der Waals surface area contributed by atoms with Crippen molar-refractivity contribution >= 4 is 11.7 Å². The quantitative estimate of drug-likeness (QED) is 0.725. The number of hydrogen-bond donors (Lipinski definition) is 1. The average molecular weight is 395 g/mol. The predicted molar refractivity (Wildman–Crippen MR) is 103 cm³/mol. The van der Waals surface area contributed by atoms with Crippen molar-refractivity contribution in [2.45, 2.75) is 31.8 Å². The van der Waals surface area contributed by atoms with Crippen molar-refractivity contribution in [3.63, 3.8) is 0 Å². The van der Waals surface area contributed by atoms with Crippen LogP contribution in [-0.2, 0) is 13.1 Å². The van der Waals surface area contributed by atoms with Gasteiger partial charge in [0.15, 0.2) is 0 Å². The number of carbonyl (C=O) groups excluding carboxylic acids is 1. The van der Waals surface area contributed by atoms with Crippen molar-refractivity contribution in [1.82, 2.24) is 19.7 Å². The Morgan fingerprint density at radius 2 is 1.97 bits per heavy atom. The molecular weight excluding hydrogens is 376 g/mol. The minimum absolute atomic E-state index is 0.226. The van der Waals surface area contributed by atoms with E-state index in [1.165, 1.54) is 12.1 Å².